The number of rotatable bonds is 4. The van der Waals surface area contributed by atoms with Gasteiger partial charge in [0.05, 0.1) is 0 Å². The van der Waals surface area contributed by atoms with Crippen molar-refractivity contribution in [3.8, 4) is 0 Å². The normalized spacial score (nSPS) is 21.0. The van der Waals surface area contributed by atoms with Crippen molar-refractivity contribution >= 4 is 11.6 Å². The first-order valence-corrected chi connectivity index (χ1v) is 6.69. The van der Waals surface area contributed by atoms with E-state index in [1.807, 2.05) is 13.1 Å². The molecule has 1 N–H and O–H groups in total. The van der Waals surface area contributed by atoms with Gasteiger partial charge in [0.1, 0.15) is 0 Å². The van der Waals surface area contributed by atoms with E-state index in [9.17, 15) is 0 Å². The number of nitrogens with zero attached hydrogens (tertiary/aromatic N) is 1. The number of hydrogen-bond donors (Lipinski definition) is 1. The van der Waals surface area contributed by atoms with Crippen LogP contribution in [0, 0.1) is 12.8 Å². The summed E-state index contributed by atoms with van der Waals surface area (Å²) in [4.78, 5) is 2.54. The first-order chi connectivity index (χ1) is 8.19. The van der Waals surface area contributed by atoms with E-state index in [1.54, 1.807) is 0 Å². The fraction of sp³-hybridized carbons (Fsp3) is 0.571. The second-order valence-corrected chi connectivity index (χ2v) is 5.45. The van der Waals surface area contributed by atoms with Gasteiger partial charge in [-0.1, -0.05) is 17.7 Å². The van der Waals surface area contributed by atoms with E-state index in [1.165, 1.54) is 30.6 Å². The minimum atomic E-state index is 0.813. The second kappa shape index (κ2) is 5.85. The zero-order valence-corrected chi connectivity index (χ0v) is 11.4. The molecule has 0 spiro atoms. The molecule has 0 aromatic heterocycles. The number of aryl methyl sites for hydroxylation is 1. The average molecular weight is 253 g/mol. The van der Waals surface area contributed by atoms with Crippen molar-refractivity contribution in [2.24, 2.45) is 5.92 Å². The van der Waals surface area contributed by atoms with Gasteiger partial charge in [0, 0.05) is 18.1 Å². The van der Waals surface area contributed by atoms with Gasteiger partial charge < -0.3 is 5.32 Å². The Hall–Kier alpha value is -0.570. The predicted molar refractivity (Wildman–Crippen MR) is 73.5 cm³/mol. The summed E-state index contributed by atoms with van der Waals surface area (Å²) in [6.07, 6.45) is 1.31. The summed E-state index contributed by atoms with van der Waals surface area (Å²) in [6, 6.07) is 6.20. The third-order valence-electron chi connectivity index (χ3n) is 3.56. The highest BCUT2D eigenvalue weighted by Crippen LogP contribution is 2.21. The number of hydrogen-bond acceptors (Lipinski definition) is 2. The van der Waals surface area contributed by atoms with E-state index < -0.39 is 0 Å². The van der Waals surface area contributed by atoms with Crippen molar-refractivity contribution in [2.75, 3.05) is 26.7 Å². The van der Waals surface area contributed by atoms with Crippen LogP contribution >= 0.6 is 11.6 Å². The highest BCUT2D eigenvalue weighted by Gasteiger charge is 2.21. The molecular formula is C14H21ClN2. The molecule has 2 nitrogen and oxygen atoms in total. The lowest BCUT2D eigenvalue weighted by molar-refractivity contribution is 0.315. The van der Waals surface area contributed by atoms with E-state index in [2.05, 4.69) is 29.3 Å². The molecule has 2 rings (SSSR count). The number of halogens is 1. The molecule has 0 saturated carbocycles. The maximum atomic E-state index is 5.98. The van der Waals surface area contributed by atoms with Crippen LogP contribution in [0.3, 0.4) is 0 Å². The van der Waals surface area contributed by atoms with Crippen LogP contribution in [0.25, 0.3) is 0 Å². The Bertz CT molecular complexity index is 378. The van der Waals surface area contributed by atoms with Crippen LogP contribution in [-0.2, 0) is 6.54 Å². The maximum absolute atomic E-state index is 5.98. The quantitative estimate of drug-likeness (QED) is 0.887. The standard InChI is InChI=1S/C14H21ClN2/c1-11-7-14(15)4-3-13(11)10-17-6-5-12(9-17)8-16-2/h3-4,7,12,16H,5-6,8-10H2,1-2H3. The average Bonchev–Trinajstić information content (AvgIpc) is 2.71. The van der Waals surface area contributed by atoms with Crippen LogP contribution in [0.15, 0.2) is 18.2 Å². The maximum Gasteiger partial charge on any atom is 0.0408 e. The molecule has 1 heterocycles. The summed E-state index contributed by atoms with van der Waals surface area (Å²) in [5, 5.41) is 4.10. The van der Waals surface area contributed by atoms with Gasteiger partial charge in [-0.3, -0.25) is 4.90 Å². The number of benzene rings is 1. The summed E-state index contributed by atoms with van der Waals surface area (Å²) < 4.78 is 0. The molecule has 0 bridgehead atoms. The van der Waals surface area contributed by atoms with Gasteiger partial charge in [-0.2, -0.15) is 0 Å². The molecule has 1 fully saturated rings. The van der Waals surface area contributed by atoms with Gasteiger partial charge in [0.25, 0.3) is 0 Å². The zero-order chi connectivity index (χ0) is 12.3. The Morgan fingerprint density at radius 2 is 2.29 bits per heavy atom. The molecule has 1 unspecified atom stereocenters. The minimum Gasteiger partial charge on any atom is -0.319 e. The van der Waals surface area contributed by atoms with Crippen molar-refractivity contribution in [3.05, 3.63) is 34.3 Å². The van der Waals surface area contributed by atoms with Gasteiger partial charge in [0.15, 0.2) is 0 Å². The van der Waals surface area contributed by atoms with E-state index in [0.717, 1.165) is 24.0 Å². The summed E-state index contributed by atoms with van der Waals surface area (Å²) in [7, 11) is 2.03. The Labute approximate surface area is 109 Å². The highest BCUT2D eigenvalue weighted by molar-refractivity contribution is 6.30. The van der Waals surface area contributed by atoms with E-state index in [4.69, 9.17) is 11.6 Å². The lowest BCUT2D eigenvalue weighted by atomic mass is 10.1. The molecular weight excluding hydrogens is 232 g/mol. The van der Waals surface area contributed by atoms with Crippen LogP contribution in [0.5, 0.6) is 0 Å². The molecule has 17 heavy (non-hydrogen) atoms. The molecule has 1 aromatic rings. The Kier molecular flexibility index (Phi) is 4.43. The first kappa shape index (κ1) is 12.9. The molecule has 1 aromatic carbocycles. The lowest BCUT2D eigenvalue weighted by Crippen LogP contribution is -2.24. The Balaban J connectivity index is 1.93. The van der Waals surface area contributed by atoms with Crippen molar-refractivity contribution in [1.82, 2.24) is 10.2 Å². The molecule has 1 saturated heterocycles. The summed E-state index contributed by atoms with van der Waals surface area (Å²) >= 11 is 5.98. The van der Waals surface area contributed by atoms with Crippen LogP contribution in [-0.4, -0.2) is 31.6 Å². The van der Waals surface area contributed by atoms with Crippen molar-refractivity contribution < 1.29 is 0 Å². The molecule has 0 aliphatic carbocycles. The third-order valence-corrected chi connectivity index (χ3v) is 3.80. The predicted octanol–water partition coefficient (Wildman–Crippen LogP) is 2.69. The highest BCUT2D eigenvalue weighted by atomic mass is 35.5. The Morgan fingerprint density at radius 1 is 1.47 bits per heavy atom. The van der Waals surface area contributed by atoms with Crippen molar-refractivity contribution in [3.63, 3.8) is 0 Å². The molecule has 0 amide bonds. The van der Waals surface area contributed by atoms with Crippen molar-refractivity contribution in [1.29, 1.82) is 0 Å². The smallest absolute Gasteiger partial charge is 0.0408 e. The van der Waals surface area contributed by atoms with Crippen LogP contribution < -0.4 is 5.32 Å². The fourth-order valence-corrected chi connectivity index (χ4v) is 2.82. The van der Waals surface area contributed by atoms with Gasteiger partial charge in [0.2, 0.25) is 0 Å². The topological polar surface area (TPSA) is 15.3 Å². The van der Waals surface area contributed by atoms with E-state index >= 15 is 0 Å². The van der Waals surface area contributed by atoms with Crippen LogP contribution in [0.4, 0.5) is 0 Å². The molecule has 94 valence electrons. The van der Waals surface area contributed by atoms with Gasteiger partial charge in [-0.15, -0.1) is 0 Å². The van der Waals surface area contributed by atoms with E-state index in [0.29, 0.717) is 0 Å². The number of likely N-dealkylation sites (tertiary alicyclic amines) is 1. The summed E-state index contributed by atoms with van der Waals surface area (Å²) in [5.74, 6) is 0.813. The van der Waals surface area contributed by atoms with Crippen molar-refractivity contribution in [2.45, 2.75) is 19.9 Å². The van der Waals surface area contributed by atoms with Gasteiger partial charge >= 0.3 is 0 Å². The van der Waals surface area contributed by atoms with Gasteiger partial charge in [-0.25, -0.2) is 0 Å². The minimum absolute atomic E-state index is 0.813. The second-order valence-electron chi connectivity index (χ2n) is 5.02. The molecule has 1 aliphatic heterocycles. The van der Waals surface area contributed by atoms with Crippen LogP contribution in [0.2, 0.25) is 5.02 Å². The van der Waals surface area contributed by atoms with E-state index in [-0.39, 0.29) is 0 Å². The van der Waals surface area contributed by atoms with Gasteiger partial charge in [-0.05, 0) is 62.7 Å². The summed E-state index contributed by atoms with van der Waals surface area (Å²) in [5.41, 5.74) is 2.70. The number of nitrogens with one attached hydrogen (secondary N) is 1. The fourth-order valence-electron chi connectivity index (χ4n) is 2.59. The molecule has 1 atom stereocenters. The summed E-state index contributed by atoms with van der Waals surface area (Å²) in [6.45, 7) is 6.76. The first-order valence-electron chi connectivity index (χ1n) is 6.31. The Morgan fingerprint density at radius 3 is 3.00 bits per heavy atom. The molecule has 0 radical (unpaired) electrons. The molecule has 1 aliphatic rings. The molecule has 3 heteroatoms. The lowest BCUT2D eigenvalue weighted by Gasteiger charge is -2.17. The SMILES string of the molecule is CNCC1CCN(Cc2ccc(Cl)cc2C)C1. The largest absolute Gasteiger partial charge is 0.319 e. The third kappa shape index (κ3) is 3.44. The zero-order valence-electron chi connectivity index (χ0n) is 10.7. The monoisotopic (exact) mass is 252 g/mol. The van der Waals surface area contributed by atoms with Crippen LogP contribution in [0.1, 0.15) is 17.5 Å².